The first-order chi connectivity index (χ1) is 14.0. The number of carboxylic acid groups (broad SMARTS) is 1. The Morgan fingerprint density at radius 1 is 1.14 bits per heavy atom. The summed E-state index contributed by atoms with van der Waals surface area (Å²) in [6.07, 6.45) is 0.696. The number of benzene rings is 2. The van der Waals surface area contributed by atoms with Gasteiger partial charge < -0.3 is 20.1 Å². The van der Waals surface area contributed by atoms with Crippen LogP contribution in [0.25, 0.3) is 11.1 Å². The van der Waals surface area contributed by atoms with E-state index in [9.17, 15) is 14.7 Å². The van der Waals surface area contributed by atoms with Crippen molar-refractivity contribution in [3.63, 3.8) is 0 Å². The molecule has 0 radical (unpaired) electrons. The summed E-state index contributed by atoms with van der Waals surface area (Å²) in [5.41, 5.74) is 4.58. The van der Waals surface area contributed by atoms with Gasteiger partial charge in [-0.2, -0.15) is 0 Å². The summed E-state index contributed by atoms with van der Waals surface area (Å²) in [5, 5.41) is 12.1. The average Bonchev–Trinajstić information content (AvgIpc) is 3.27. The van der Waals surface area contributed by atoms with E-state index in [0.717, 1.165) is 41.8 Å². The van der Waals surface area contributed by atoms with Crippen molar-refractivity contribution in [2.24, 2.45) is 5.92 Å². The van der Waals surface area contributed by atoms with Crippen LogP contribution in [-0.4, -0.2) is 54.9 Å². The lowest BCUT2D eigenvalue weighted by Gasteiger charge is -2.19. The molecule has 0 bridgehead atoms. The van der Waals surface area contributed by atoms with Crippen molar-refractivity contribution >= 4 is 12.1 Å². The van der Waals surface area contributed by atoms with E-state index >= 15 is 0 Å². The number of alkyl carbamates (subject to hydrolysis) is 1. The molecule has 2 aromatic carbocycles. The number of fused-ring (bicyclic) bond motifs is 3. The number of carbonyl (C=O) groups excluding carboxylic acids is 1. The Hall–Kier alpha value is -2.86. The van der Waals surface area contributed by atoms with Gasteiger partial charge in [-0.3, -0.25) is 0 Å². The molecule has 6 heteroatoms. The topological polar surface area (TPSA) is 78.9 Å². The zero-order valence-corrected chi connectivity index (χ0v) is 16.5. The highest BCUT2D eigenvalue weighted by Gasteiger charge is 2.31. The van der Waals surface area contributed by atoms with Crippen molar-refractivity contribution in [3.8, 4) is 11.1 Å². The molecular formula is C23H26N2O4. The molecule has 152 valence electrons. The Bertz CT molecular complexity index is 868. The van der Waals surface area contributed by atoms with E-state index in [0.29, 0.717) is 6.42 Å². The Morgan fingerprint density at radius 3 is 2.31 bits per heavy atom. The summed E-state index contributed by atoms with van der Waals surface area (Å²) in [5.74, 6) is -0.789. The van der Waals surface area contributed by atoms with Gasteiger partial charge in [0.1, 0.15) is 12.6 Å². The molecule has 2 unspecified atom stereocenters. The van der Waals surface area contributed by atoms with Crippen LogP contribution in [0.4, 0.5) is 4.79 Å². The van der Waals surface area contributed by atoms with E-state index in [1.807, 2.05) is 31.3 Å². The van der Waals surface area contributed by atoms with E-state index < -0.39 is 18.1 Å². The number of ether oxygens (including phenoxy) is 1. The molecule has 1 heterocycles. The number of hydrogen-bond acceptors (Lipinski definition) is 4. The first-order valence-corrected chi connectivity index (χ1v) is 10.1. The standard InChI is InChI=1S/C23H26N2O4/c1-25-11-10-15(13-25)12-21(22(26)27)24-23(28)29-14-20-18-8-4-2-6-16(18)17-7-3-5-9-19(17)20/h2-9,15,20-21H,10-14H2,1H3,(H,24,28)(H,26,27). The summed E-state index contributed by atoms with van der Waals surface area (Å²) in [7, 11) is 2.02. The zero-order chi connectivity index (χ0) is 20.4. The molecule has 1 fully saturated rings. The van der Waals surface area contributed by atoms with E-state index in [2.05, 4.69) is 34.5 Å². The fraction of sp³-hybridized carbons (Fsp3) is 0.391. The molecule has 2 aromatic rings. The summed E-state index contributed by atoms with van der Waals surface area (Å²) in [6, 6.07) is 15.3. The number of nitrogens with one attached hydrogen (secondary N) is 1. The number of likely N-dealkylation sites (tertiary alicyclic amines) is 1. The van der Waals surface area contributed by atoms with E-state index in [4.69, 9.17) is 4.74 Å². The molecule has 2 N–H and O–H groups in total. The highest BCUT2D eigenvalue weighted by Crippen LogP contribution is 2.44. The van der Waals surface area contributed by atoms with Gasteiger partial charge in [0, 0.05) is 12.5 Å². The van der Waals surface area contributed by atoms with Gasteiger partial charge in [-0.15, -0.1) is 0 Å². The van der Waals surface area contributed by atoms with Crippen molar-refractivity contribution in [3.05, 3.63) is 59.7 Å². The number of carbonyl (C=O) groups is 2. The quantitative estimate of drug-likeness (QED) is 0.786. The average molecular weight is 394 g/mol. The summed E-state index contributed by atoms with van der Waals surface area (Å²) in [6.45, 7) is 2.00. The van der Waals surface area contributed by atoms with Gasteiger partial charge in [-0.25, -0.2) is 9.59 Å². The van der Waals surface area contributed by atoms with E-state index in [1.165, 1.54) is 0 Å². The lowest BCUT2D eigenvalue weighted by molar-refractivity contribution is -0.139. The van der Waals surface area contributed by atoms with Crippen LogP contribution < -0.4 is 5.32 Å². The van der Waals surface area contributed by atoms with Crippen LogP contribution in [0.3, 0.4) is 0 Å². The van der Waals surface area contributed by atoms with Gasteiger partial charge in [-0.05, 0) is 54.6 Å². The fourth-order valence-electron chi connectivity index (χ4n) is 4.56. The predicted octanol–water partition coefficient (Wildman–Crippen LogP) is 3.32. The van der Waals surface area contributed by atoms with Crippen molar-refractivity contribution in [2.45, 2.75) is 24.8 Å². The van der Waals surface area contributed by atoms with Crippen molar-refractivity contribution in [1.82, 2.24) is 10.2 Å². The molecule has 1 aliphatic heterocycles. The normalized spacial score (nSPS) is 19.4. The zero-order valence-electron chi connectivity index (χ0n) is 16.5. The Labute approximate surface area is 170 Å². The van der Waals surface area contributed by atoms with E-state index in [1.54, 1.807) is 0 Å². The van der Waals surface area contributed by atoms with Gasteiger partial charge in [0.05, 0.1) is 0 Å². The Balaban J connectivity index is 1.39. The third-order valence-corrected chi connectivity index (χ3v) is 5.99. The number of rotatable bonds is 6. The number of nitrogens with zero attached hydrogens (tertiary/aromatic N) is 1. The monoisotopic (exact) mass is 394 g/mol. The molecule has 4 rings (SSSR count). The van der Waals surface area contributed by atoms with Crippen molar-refractivity contribution < 1.29 is 19.4 Å². The van der Waals surface area contributed by atoms with Crippen LogP contribution in [0.15, 0.2) is 48.5 Å². The van der Waals surface area contributed by atoms with Crippen LogP contribution in [0.5, 0.6) is 0 Å². The van der Waals surface area contributed by atoms with Crippen LogP contribution in [0, 0.1) is 5.92 Å². The first-order valence-electron chi connectivity index (χ1n) is 10.1. The summed E-state index contributed by atoms with van der Waals surface area (Å²) < 4.78 is 5.48. The summed E-state index contributed by atoms with van der Waals surface area (Å²) >= 11 is 0. The second-order valence-electron chi connectivity index (χ2n) is 8.01. The SMILES string of the molecule is CN1CCC(CC(NC(=O)OCC2c3ccccc3-c3ccccc32)C(=O)O)C1. The summed E-state index contributed by atoms with van der Waals surface area (Å²) in [4.78, 5) is 26.2. The Morgan fingerprint density at radius 2 is 1.76 bits per heavy atom. The molecule has 1 saturated heterocycles. The molecule has 0 aromatic heterocycles. The minimum Gasteiger partial charge on any atom is -0.480 e. The van der Waals surface area contributed by atoms with Gasteiger partial charge >= 0.3 is 12.1 Å². The molecule has 0 saturated carbocycles. The largest absolute Gasteiger partial charge is 0.480 e. The third kappa shape index (κ3) is 4.12. The second kappa shape index (κ2) is 8.25. The predicted molar refractivity (Wildman–Crippen MR) is 110 cm³/mol. The third-order valence-electron chi connectivity index (χ3n) is 5.99. The van der Waals surface area contributed by atoms with Crippen LogP contribution in [0.1, 0.15) is 29.9 Å². The molecular weight excluding hydrogens is 368 g/mol. The fourth-order valence-corrected chi connectivity index (χ4v) is 4.56. The first kappa shape index (κ1) is 19.5. The maximum Gasteiger partial charge on any atom is 0.407 e. The number of carboxylic acids is 1. The van der Waals surface area contributed by atoms with Crippen molar-refractivity contribution in [2.75, 3.05) is 26.7 Å². The van der Waals surface area contributed by atoms with Crippen LogP contribution in [-0.2, 0) is 9.53 Å². The van der Waals surface area contributed by atoms with Gasteiger partial charge in [0.2, 0.25) is 0 Å². The number of hydrogen-bond donors (Lipinski definition) is 2. The highest BCUT2D eigenvalue weighted by molar-refractivity contribution is 5.81. The Kier molecular flexibility index (Phi) is 5.53. The second-order valence-corrected chi connectivity index (χ2v) is 8.01. The van der Waals surface area contributed by atoms with Crippen LogP contribution >= 0.6 is 0 Å². The molecule has 29 heavy (non-hydrogen) atoms. The number of amides is 1. The van der Waals surface area contributed by atoms with Gasteiger partial charge in [-0.1, -0.05) is 48.5 Å². The van der Waals surface area contributed by atoms with Crippen LogP contribution in [0.2, 0.25) is 0 Å². The molecule has 2 atom stereocenters. The lowest BCUT2D eigenvalue weighted by Crippen LogP contribution is -2.42. The molecule has 2 aliphatic rings. The smallest absolute Gasteiger partial charge is 0.407 e. The van der Waals surface area contributed by atoms with Gasteiger partial charge in [0.25, 0.3) is 0 Å². The maximum absolute atomic E-state index is 12.4. The van der Waals surface area contributed by atoms with E-state index in [-0.39, 0.29) is 18.4 Å². The number of aliphatic carboxylic acids is 1. The highest BCUT2D eigenvalue weighted by atomic mass is 16.5. The molecule has 1 amide bonds. The van der Waals surface area contributed by atoms with Gasteiger partial charge in [0.15, 0.2) is 0 Å². The van der Waals surface area contributed by atoms with Crippen molar-refractivity contribution in [1.29, 1.82) is 0 Å². The minimum atomic E-state index is -1.02. The molecule has 6 nitrogen and oxygen atoms in total. The molecule has 1 aliphatic carbocycles. The lowest BCUT2D eigenvalue weighted by atomic mass is 9.98. The molecule has 0 spiro atoms. The minimum absolute atomic E-state index is 0.0418. The maximum atomic E-state index is 12.4.